The van der Waals surface area contributed by atoms with E-state index in [1.165, 1.54) is 0 Å². The molecule has 27 heavy (non-hydrogen) atoms. The number of hydrogen-bond acceptors (Lipinski definition) is 5. The van der Waals surface area contributed by atoms with E-state index in [4.69, 9.17) is 12.2 Å². The van der Waals surface area contributed by atoms with Crippen molar-refractivity contribution in [2.75, 3.05) is 5.43 Å². The first-order chi connectivity index (χ1) is 13.0. The van der Waals surface area contributed by atoms with Gasteiger partial charge >= 0.3 is 0 Å². The average molecular weight is 460 g/mol. The second-order valence-corrected chi connectivity index (χ2v) is 8.17. The van der Waals surface area contributed by atoms with Crippen molar-refractivity contribution in [1.29, 1.82) is 0 Å². The Hall–Kier alpha value is -2.62. The van der Waals surface area contributed by atoms with Gasteiger partial charge in [0.15, 0.2) is 3.95 Å². The molecule has 0 saturated heterocycles. The highest BCUT2D eigenvalue weighted by Gasteiger charge is 2.25. The maximum absolute atomic E-state index is 12.4. The third-order valence-corrected chi connectivity index (χ3v) is 5.85. The fraction of sp³-hybridized carbons (Fsp3) is 0. The molecule has 0 spiro atoms. The number of nitrogens with one attached hydrogen (secondary N) is 1. The number of amides is 2. The van der Waals surface area contributed by atoms with E-state index in [0.29, 0.717) is 16.1 Å². The number of carbonyl (C=O) groups is 2. The van der Waals surface area contributed by atoms with Gasteiger partial charge in [-0.1, -0.05) is 45.5 Å². The molecule has 1 aromatic heterocycles. The first-order valence-corrected chi connectivity index (χ1v) is 9.72. The molecule has 2 N–H and O–H groups in total. The Labute approximate surface area is 170 Å². The van der Waals surface area contributed by atoms with Crippen LogP contribution in [0, 0.1) is 3.95 Å². The highest BCUT2D eigenvalue weighted by molar-refractivity contribution is 9.10. The summed E-state index contributed by atoms with van der Waals surface area (Å²) < 4.78 is 2.15. The van der Waals surface area contributed by atoms with E-state index < -0.39 is 11.8 Å². The lowest BCUT2D eigenvalue weighted by molar-refractivity contribution is -0.112. The zero-order valence-corrected chi connectivity index (χ0v) is 16.7. The van der Waals surface area contributed by atoms with Crippen LogP contribution in [0.3, 0.4) is 0 Å². The first-order valence-electron chi connectivity index (χ1n) is 7.70. The van der Waals surface area contributed by atoms with E-state index in [1.54, 1.807) is 48.5 Å². The Balaban J connectivity index is 1.77. The summed E-state index contributed by atoms with van der Waals surface area (Å²) in [6, 6.07) is 13.8. The third-order valence-electron chi connectivity index (χ3n) is 3.94. The van der Waals surface area contributed by atoms with Gasteiger partial charge in [-0.3, -0.25) is 15.0 Å². The topological polar surface area (TPSA) is 83.7 Å². The molecule has 0 radical (unpaired) electrons. The summed E-state index contributed by atoms with van der Waals surface area (Å²) in [7, 11) is 0. The molecular formula is C18H10BrN3O3S2. The van der Waals surface area contributed by atoms with Crippen molar-refractivity contribution < 1.29 is 14.7 Å². The summed E-state index contributed by atoms with van der Waals surface area (Å²) in [5, 5.41) is 11.8. The van der Waals surface area contributed by atoms with Crippen LogP contribution in [0.15, 0.2) is 58.0 Å². The minimum absolute atomic E-state index is 0.206. The maximum atomic E-state index is 12.4. The molecule has 0 unspecified atom stereocenters. The van der Waals surface area contributed by atoms with Crippen LogP contribution in [0.4, 0.5) is 0 Å². The molecule has 4 rings (SSSR count). The van der Waals surface area contributed by atoms with Gasteiger partial charge in [0.1, 0.15) is 4.88 Å². The number of fused-ring (bicyclic) bond motifs is 1. The summed E-state index contributed by atoms with van der Waals surface area (Å²) in [4.78, 5) is 29.0. The molecule has 134 valence electrons. The highest BCUT2D eigenvalue weighted by Crippen LogP contribution is 2.31. The summed E-state index contributed by atoms with van der Waals surface area (Å²) in [5.41, 5.74) is 3.23. The number of benzene rings is 2. The van der Waals surface area contributed by atoms with E-state index in [1.807, 2.05) is 0 Å². The van der Waals surface area contributed by atoms with E-state index in [0.717, 1.165) is 20.5 Å². The molecule has 0 aliphatic carbocycles. The van der Waals surface area contributed by atoms with Crippen molar-refractivity contribution >= 4 is 56.9 Å². The Kier molecular flexibility index (Phi) is 4.50. The Morgan fingerprint density at radius 2 is 1.89 bits per heavy atom. The van der Waals surface area contributed by atoms with Gasteiger partial charge in [-0.2, -0.15) is 4.68 Å². The fourth-order valence-electron chi connectivity index (χ4n) is 2.68. The smallest absolute Gasteiger partial charge is 0.279 e. The molecule has 0 saturated carbocycles. The minimum atomic E-state index is -0.450. The molecule has 1 aliphatic heterocycles. The molecule has 2 amide bonds. The van der Waals surface area contributed by atoms with Crippen molar-refractivity contribution in [2.45, 2.75) is 0 Å². The number of hydrogen-bond donors (Lipinski definition) is 2. The highest BCUT2D eigenvalue weighted by atomic mass is 79.9. The largest absolute Gasteiger partial charge is 0.492 e. The second kappa shape index (κ2) is 6.84. The lowest BCUT2D eigenvalue weighted by Crippen LogP contribution is -2.23. The first kappa shape index (κ1) is 17.8. The SMILES string of the molecule is O=C1N=c2ccccc2=C1c1sc(=S)n(NC(=O)c2ccc(Br)cc2)c1O. The number of halogens is 1. The minimum Gasteiger partial charge on any atom is -0.492 e. The summed E-state index contributed by atoms with van der Waals surface area (Å²) in [6.07, 6.45) is 0. The van der Waals surface area contributed by atoms with Crippen LogP contribution in [0.2, 0.25) is 0 Å². The van der Waals surface area contributed by atoms with Crippen LogP contribution in [0.25, 0.3) is 5.57 Å². The van der Waals surface area contributed by atoms with Crippen LogP contribution in [-0.4, -0.2) is 21.6 Å². The lowest BCUT2D eigenvalue weighted by Gasteiger charge is -2.08. The zero-order chi connectivity index (χ0) is 19.1. The molecule has 0 fully saturated rings. The third kappa shape index (κ3) is 3.14. The predicted molar refractivity (Wildman–Crippen MR) is 107 cm³/mol. The van der Waals surface area contributed by atoms with Crippen LogP contribution in [0.1, 0.15) is 15.2 Å². The van der Waals surface area contributed by atoms with Gasteiger partial charge in [0.25, 0.3) is 11.8 Å². The molecule has 0 atom stereocenters. The maximum Gasteiger partial charge on any atom is 0.279 e. The van der Waals surface area contributed by atoms with Crippen molar-refractivity contribution in [1.82, 2.24) is 4.68 Å². The van der Waals surface area contributed by atoms with Gasteiger partial charge in [0.2, 0.25) is 5.88 Å². The number of aromatic nitrogens is 1. The standard InChI is InChI=1S/C18H10BrN3O3S2/c19-10-7-5-9(6-8-10)15(23)21-22-17(25)14(27-18(22)26)13-11-3-1-2-4-12(11)20-16(13)24/h1-8,25H,(H,21,23). The van der Waals surface area contributed by atoms with Gasteiger partial charge in [0.05, 0.1) is 10.9 Å². The van der Waals surface area contributed by atoms with Crippen LogP contribution >= 0.6 is 39.5 Å². The molecular weight excluding hydrogens is 450 g/mol. The monoisotopic (exact) mass is 459 g/mol. The predicted octanol–water partition coefficient (Wildman–Crippen LogP) is 2.49. The fourth-order valence-corrected chi connectivity index (χ4v) is 4.20. The van der Waals surface area contributed by atoms with Gasteiger partial charge in [-0.25, -0.2) is 4.99 Å². The van der Waals surface area contributed by atoms with E-state index in [2.05, 4.69) is 26.3 Å². The van der Waals surface area contributed by atoms with E-state index in [9.17, 15) is 14.7 Å². The molecule has 6 nitrogen and oxygen atoms in total. The van der Waals surface area contributed by atoms with E-state index >= 15 is 0 Å². The average Bonchev–Trinajstić information content (AvgIpc) is 3.12. The number of para-hydroxylation sites is 1. The summed E-state index contributed by atoms with van der Waals surface area (Å²) in [6.45, 7) is 0. The van der Waals surface area contributed by atoms with Crippen molar-refractivity contribution in [3.63, 3.8) is 0 Å². The summed E-state index contributed by atoms with van der Waals surface area (Å²) >= 11 is 9.61. The molecule has 0 bridgehead atoms. The molecule has 9 heteroatoms. The normalized spacial score (nSPS) is 12.6. The Morgan fingerprint density at radius 3 is 2.63 bits per heavy atom. The quantitative estimate of drug-likeness (QED) is 0.589. The number of thiazole rings is 1. The molecule has 2 aromatic carbocycles. The lowest BCUT2D eigenvalue weighted by atomic mass is 10.1. The van der Waals surface area contributed by atoms with Gasteiger partial charge in [-0.15, -0.1) is 0 Å². The van der Waals surface area contributed by atoms with Crippen molar-refractivity contribution in [3.8, 4) is 5.88 Å². The molecule has 1 aliphatic rings. The zero-order valence-electron chi connectivity index (χ0n) is 13.5. The van der Waals surface area contributed by atoms with E-state index in [-0.39, 0.29) is 20.3 Å². The molecule has 3 aromatic rings. The van der Waals surface area contributed by atoms with Gasteiger partial charge < -0.3 is 5.11 Å². The second-order valence-electron chi connectivity index (χ2n) is 5.61. The number of rotatable bonds is 3. The molecule has 2 heterocycles. The van der Waals surface area contributed by atoms with Crippen molar-refractivity contribution in [3.05, 3.63) is 78.0 Å². The number of carbonyl (C=O) groups excluding carboxylic acids is 2. The Morgan fingerprint density at radius 1 is 1.19 bits per heavy atom. The number of nitrogens with zero attached hydrogens (tertiary/aromatic N) is 2. The van der Waals surface area contributed by atoms with Crippen LogP contribution in [-0.2, 0) is 4.79 Å². The van der Waals surface area contributed by atoms with Crippen LogP contribution in [0.5, 0.6) is 5.88 Å². The number of aromatic hydroxyl groups is 1. The van der Waals surface area contributed by atoms with Crippen molar-refractivity contribution in [2.24, 2.45) is 4.99 Å². The Bertz CT molecular complexity index is 1280. The van der Waals surface area contributed by atoms with Crippen LogP contribution < -0.4 is 16.0 Å². The summed E-state index contributed by atoms with van der Waals surface area (Å²) in [5.74, 6) is -1.19. The van der Waals surface area contributed by atoms with Gasteiger partial charge in [0, 0.05) is 15.3 Å². The van der Waals surface area contributed by atoms with Gasteiger partial charge in [-0.05, 0) is 42.5 Å².